The van der Waals surface area contributed by atoms with Gasteiger partial charge in [-0.2, -0.15) is 13.2 Å². The number of likely N-dealkylation sites (tertiary alicyclic amines) is 1. The number of benzene rings is 3. The molecule has 7 heteroatoms. The van der Waals surface area contributed by atoms with E-state index in [1.165, 1.54) is 30.3 Å². The van der Waals surface area contributed by atoms with E-state index in [2.05, 4.69) is 4.90 Å². The summed E-state index contributed by atoms with van der Waals surface area (Å²) in [5.74, 6) is -0.0504. The molecule has 0 bridgehead atoms. The van der Waals surface area contributed by atoms with Crippen LogP contribution in [0.1, 0.15) is 46.7 Å². The second kappa shape index (κ2) is 11.0. The normalized spacial score (nSPS) is 18.9. The number of carbonyl (C=O) groups is 1. The van der Waals surface area contributed by atoms with Gasteiger partial charge in [0.25, 0.3) is 0 Å². The van der Waals surface area contributed by atoms with Crippen LogP contribution in [0.2, 0.25) is 0 Å². The van der Waals surface area contributed by atoms with Gasteiger partial charge in [0.2, 0.25) is 0 Å². The Balaban J connectivity index is 1.38. The Kier molecular flexibility index (Phi) is 7.86. The van der Waals surface area contributed by atoms with E-state index in [4.69, 9.17) is 4.74 Å². The van der Waals surface area contributed by atoms with Gasteiger partial charge in [-0.1, -0.05) is 42.5 Å². The highest BCUT2D eigenvalue weighted by Crippen LogP contribution is 2.33. The number of Topliss-reactive ketones (excluding diaryl/α,β-unsaturated/α-hetero) is 1. The van der Waals surface area contributed by atoms with Gasteiger partial charge in [0.05, 0.1) is 5.56 Å². The summed E-state index contributed by atoms with van der Waals surface area (Å²) in [4.78, 5) is 14.7. The quantitative estimate of drug-likeness (QED) is 0.261. The topological polar surface area (TPSA) is 29.5 Å². The first-order valence-electron chi connectivity index (χ1n) is 11.7. The number of ether oxygens (including phenoxy) is 1. The lowest BCUT2D eigenvalue weighted by atomic mass is 9.87. The fourth-order valence-corrected chi connectivity index (χ4v) is 4.53. The molecule has 1 aliphatic rings. The molecule has 1 fully saturated rings. The Labute approximate surface area is 202 Å². The van der Waals surface area contributed by atoms with Crippen molar-refractivity contribution in [2.45, 2.75) is 37.5 Å². The molecule has 1 saturated heterocycles. The lowest BCUT2D eigenvalue weighted by Gasteiger charge is -2.39. The van der Waals surface area contributed by atoms with Gasteiger partial charge in [0, 0.05) is 31.0 Å². The maximum atomic E-state index is 13.4. The molecule has 0 amide bonds. The molecule has 0 unspecified atom stereocenters. The van der Waals surface area contributed by atoms with Crippen LogP contribution in [0, 0.1) is 5.82 Å². The molecule has 3 nitrogen and oxygen atoms in total. The third kappa shape index (κ3) is 6.69. The summed E-state index contributed by atoms with van der Waals surface area (Å²) in [6, 6.07) is 20.5. The Morgan fingerprint density at radius 2 is 1.71 bits per heavy atom. The molecule has 1 aliphatic heterocycles. The van der Waals surface area contributed by atoms with Crippen molar-refractivity contribution in [2.75, 3.05) is 19.6 Å². The Bertz CT molecular complexity index is 1120. The van der Waals surface area contributed by atoms with Crippen molar-refractivity contribution in [1.82, 2.24) is 4.90 Å². The van der Waals surface area contributed by atoms with E-state index in [0.717, 1.165) is 30.8 Å². The third-order valence-corrected chi connectivity index (χ3v) is 6.36. The zero-order chi connectivity index (χ0) is 24.8. The van der Waals surface area contributed by atoms with Crippen LogP contribution in [0.3, 0.4) is 0 Å². The Morgan fingerprint density at radius 3 is 2.40 bits per heavy atom. The molecule has 4 rings (SSSR count). The van der Waals surface area contributed by atoms with Gasteiger partial charge in [-0.15, -0.1) is 0 Å². The largest absolute Gasteiger partial charge is 0.490 e. The molecular weight excluding hydrogens is 458 g/mol. The van der Waals surface area contributed by atoms with Crippen LogP contribution in [-0.2, 0) is 6.18 Å². The van der Waals surface area contributed by atoms with E-state index in [-0.39, 0.29) is 17.8 Å². The average Bonchev–Trinajstić information content (AvgIpc) is 2.85. The van der Waals surface area contributed by atoms with Crippen LogP contribution >= 0.6 is 0 Å². The maximum Gasteiger partial charge on any atom is 0.416 e. The lowest BCUT2D eigenvalue weighted by Crippen LogP contribution is -2.44. The second-order valence-electron chi connectivity index (χ2n) is 8.82. The Morgan fingerprint density at radius 1 is 0.971 bits per heavy atom. The van der Waals surface area contributed by atoms with Crippen molar-refractivity contribution in [2.24, 2.45) is 0 Å². The number of hydrogen-bond acceptors (Lipinski definition) is 3. The second-order valence-corrected chi connectivity index (χ2v) is 8.82. The van der Waals surface area contributed by atoms with Gasteiger partial charge in [0.1, 0.15) is 17.7 Å². The molecule has 0 aliphatic carbocycles. The van der Waals surface area contributed by atoms with E-state index in [1.54, 1.807) is 6.07 Å². The summed E-state index contributed by atoms with van der Waals surface area (Å²) < 4.78 is 58.2. The number of alkyl halides is 3. The maximum absolute atomic E-state index is 13.4. The van der Waals surface area contributed by atoms with Crippen molar-refractivity contribution in [3.8, 4) is 5.75 Å². The molecule has 184 valence electrons. The molecule has 3 aromatic carbocycles. The van der Waals surface area contributed by atoms with Gasteiger partial charge >= 0.3 is 6.18 Å². The third-order valence-electron chi connectivity index (χ3n) is 6.36. The number of nitrogens with zero attached hydrogens (tertiary/aromatic N) is 1. The summed E-state index contributed by atoms with van der Waals surface area (Å²) in [6.45, 7) is 2.18. The SMILES string of the molecule is O=C(CCCN1CC[C@H](Oc2ccc(C(F)(F)F)cc2)[C@@H](c2ccccc2)C1)c1cccc(F)c1. The fourth-order valence-electron chi connectivity index (χ4n) is 4.53. The molecular formula is C28H27F4NO2. The predicted molar refractivity (Wildman–Crippen MR) is 126 cm³/mol. The molecule has 0 radical (unpaired) electrons. The molecule has 0 saturated carbocycles. The standard InChI is InChI=1S/C28H27F4NO2/c29-23-9-4-8-21(18-23)26(34)10-5-16-33-17-15-27(25(19-33)20-6-2-1-3-7-20)35-24-13-11-22(12-14-24)28(30,31)32/h1-4,6-9,11-14,18,25,27H,5,10,15-17,19H2/t25-,27+/m1/s1. The minimum absolute atomic E-state index is 0.0335. The first kappa shape index (κ1) is 24.9. The van der Waals surface area contributed by atoms with Gasteiger partial charge < -0.3 is 9.64 Å². The zero-order valence-electron chi connectivity index (χ0n) is 19.2. The molecule has 35 heavy (non-hydrogen) atoms. The molecule has 3 aromatic rings. The van der Waals surface area contributed by atoms with E-state index < -0.39 is 17.6 Å². The molecule has 0 aromatic heterocycles. The van der Waals surface area contributed by atoms with Gasteiger partial charge in [0.15, 0.2) is 5.78 Å². The van der Waals surface area contributed by atoms with Gasteiger partial charge in [-0.05, 0) is 61.3 Å². The summed E-state index contributed by atoms with van der Waals surface area (Å²) in [5.41, 5.74) is 0.785. The summed E-state index contributed by atoms with van der Waals surface area (Å²) in [7, 11) is 0. The van der Waals surface area contributed by atoms with Crippen molar-refractivity contribution >= 4 is 5.78 Å². The number of halogens is 4. The highest BCUT2D eigenvalue weighted by atomic mass is 19.4. The van der Waals surface area contributed by atoms with Crippen LogP contribution < -0.4 is 4.74 Å². The van der Waals surface area contributed by atoms with Crippen LogP contribution in [0.25, 0.3) is 0 Å². The molecule has 2 atom stereocenters. The van der Waals surface area contributed by atoms with Gasteiger partial charge in [-0.25, -0.2) is 4.39 Å². The van der Waals surface area contributed by atoms with E-state index in [9.17, 15) is 22.4 Å². The van der Waals surface area contributed by atoms with Crippen molar-refractivity contribution < 1.29 is 27.1 Å². The summed E-state index contributed by atoms with van der Waals surface area (Å²) in [5, 5.41) is 0. The predicted octanol–water partition coefficient (Wildman–Crippen LogP) is 6.74. The first-order valence-corrected chi connectivity index (χ1v) is 11.7. The van der Waals surface area contributed by atoms with Gasteiger partial charge in [-0.3, -0.25) is 4.79 Å². The van der Waals surface area contributed by atoms with Crippen LogP contribution in [-0.4, -0.2) is 36.4 Å². The minimum atomic E-state index is -4.38. The summed E-state index contributed by atoms with van der Waals surface area (Å²) >= 11 is 0. The van der Waals surface area contributed by atoms with Crippen molar-refractivity contribution in [3.05, 3.63) is 101 Å². The van der Waals surface area contributed by atoms with Crippen LogP contribution in [0.4, 0.5) is 17.6 Å². The van der Waals surface area contributed by atoms with Crippen molar-refractivity contribution in [3.63, 3.8) is 0 Å². The number of carbonyl (C=O) groups excluding carboxylic acids is 1. The molecule has 1 heterocycles. The molecule has 0 spiro atoms. The first-order chi connectivity index (χ1) is 16.8. The van der Waals surface area contributed by atoms with E-state index >= 15 is 0 Å². The lowest BCUT2D eigenvalue weighted by molar-refractivity contribution is -0.137. The van der Waals surface area contributed by atoms with Crippen molar-refractivity contribution in [1.29, 1.82) is 0 Å². The highest BCUT2D eigenvalue weighted by Gasteiger charge is 2.33. The molecule has 0 N–H and O–H groups in total. The Hall–Kier alpha value is -3.19. The monoisotopic (exact) mass is 485 g/mol. The number of piperidine rings is 1. The number of ketones is 1. The number of hydrogen-bond donors (Lipinski definition) is 0. The average molecular weight is 486 g/mol. The smallest absolute Gasteiger partial charge is 0.416 e. The van der Waals surface area contributed by atoms with Crippen LogP contribution in [0.5, 0.6) is 5.75 Å². The van der Waals surface area contributed by atoms with Crippen LogP contribution in [0.15, 0.2) is 78.9 Å². The summed E-state index contributed by atoms with van der Waals surface area (Å²) in [6.07, 6.45) is -2.87. The fraction of sp³-hybridized carbons (Fsp3) is 0.321. The van der Waals surface area contributed by atoms with E-state index in [1.807, 2.05) is 30.3 Å². The number of rotatable bonds is 8. The minimum Gasteiger partial charge on any atom is -0.490 e. The zero-order valence-corrected chi connectivity index (χ0v) is 19.2. The highest BCUT2D eigenvalue weighted by molar-refractivity contribution is 5.95. The van der Waals surface area contributed by atoms with E-state index in [0.29, 0.717) is 37.1 Å².